The van der Waals surface area contributed by atoms with Crippen molar-refractivity contribution in [2.24, 2.45) is 4.99 Å². The standard InChI is InChI=1S/C8H9F5N2O/c9-7(10,8(11,12)13)5(16)4-6-14-2-1-3-15-6/h1-4H2,(H,14,15). The van der Waals surface area contributed by atoms with Crippen LogP contribution < -0.4 is 5.32 Å². The number of halogens is 5. The van der Waals surface area contributed by atoms with Crippen LogP contribution in [0.15, 0.2) is 4.99 Å². The van der Waals surface area contributed by atoms with Gasteiger partial charge in [0.2, 0.25) is 5.78 Å². The van der Waals surface area contributed by atoms with Crippen LogP contribution in [0.4, 0.5) is 22.0 Å². The molecule has 3 nitrogen and oxygen atoms in total. The maximum absolute atomic E-state index is 12.5. The topological polar surface area (TPSA) is 41.5 Å². The number of hydrogen-bond donors (Lipinski definition) is 1. The van der Waals surface area contributed by atoms with E-state index in [4.69, 9.17) is 0 Å². The number of rotatable bonds is 3. The predicted octanol–water partition coefficient (Wildman–Crippen LogP) is 1.54. The molecule has 1 heterocycles. The van der Waals surface area contributed by atoms with Crippen LogP contribution in [0.1, 0.15) is 12.8 Å². The van der Waals surface area contributed by atoms with Crippen LogP contribution in [0, 0.1) is 0 Å². The second-order valence-electron chi connectivity index (χ2n) is 3.28. The van der Waals surface area contributed by atoms with Gasteiger partial charge in [0.05, 0.1) is 6.42 Å². The second kappa shape index (κ2) is 4.34. The van der Waals surface area contributed by atoms with E-state index in [1.54, 1.807) is 0 Å². The quantitative estimate of drug-likeness (QED) is 0.765. The van der Waals surface area contributed by atoms with Gasteiger partial charge in [-0.25, -0.2) is 0 Å². The van der Waals surface area contributed by atoms with Crippen molar-refractivity contribution in [3.8, 4) is 0 Å². The fourth-order valence-corrected chi connectivity index (χ4v) is 1.12. The molecule has 1 rings (SSSR count). The fraction of sp³-hybridized carbons (Fsp3) is 0.750. The Labute approximate surface area is 87.7 Å². The SMILES string of the molecule is O=C(CC1=NCCCN1)C(F)(F)C(F)(F)F. The molecular weight excluding hydrogens is 235 g/mol. The van der Waals surface area contributed by atoms with Crippen molar-refractivity contribution in [1.82, 2.24) is 5.32 Å². The molecular formula is C8H9F5N2O. The van der Waals surface area contributed by atoms with Crippen LogP contribution in [-0.2, 0) is 4.79 Å². The molecule has 0 aromatic carbocycles. The van der Waals surface area contributed by atoms with E-state index < -0.39 is 24.3 Å². The summed E-state index contributed by atoms with van der Waals surface area (Å²) in [5, 5.41) is 2.50. The Balaban J connectivity index is 2.68. The summed E-state index contributed by atoms with van der Waals surface area (Å²) in [5.41, 5.74) is 0. The van der Waals surface area contributed by atoms with E-state index >= 15 is 0 Å². The molecule has 0 aromatic heterocycles. The van der Waals surface area contributed by atoms with Gasteiger partial charge in [-0.15, -0.1) is 0 Å². The Morgan fingerprint density at radius 1 is 1.31 bits per heavy atom. The normalized spacial score (nSPS) is 17.7. The molecule has 0 unspecified atom stereocenters. The van der Waals surface area contributed by atoms with Crippen molar-refractivity contribution in [3.63, 3.8) is 0 Å². The molecule has 0 spiro atoms. The molecule has 8 heteroatoms. The molecule has 92 valence electrons. The van der Waals surface area contributed by atoms with Gasteiger partial charge in [0.1, 0.15) is 5.84 Å². The third-order valence-electron chi connectivity index (χ3n) is 2.00. The second-order valence-corrected chi connectivity index (χ2v) is 3.28. The van der Waals surface area contributed by atoms with E-state index in [-0.39, 0.29) is 5.84 Å². The minimum Gasteiger partial charge on any atom is -0.373 e. The summed E-state index contributed by atoms with van der Waals surface area (Å²) in [6, 6.07) is 0. The lowest BCUT2D eigenvalue weighted by Gasteiger charge is -2.20. The summed E-state index contributed by atoms with van der Waals surface area (Å²) < 4.78 is 60.5. The first kappa shape index (κ1) is 12.9. The van der Waals surface area contributed by atoms with Gasteiger partial charge in [0.25, 0.3) is 0 Å². The number of carbonyl (C=O) groups is 1. The third kappa shape index (κ3) is 2.67. The van der Waals surface area contributed by atoms with Gasteiger partial charge in [-0.3, -0.25) is 9.79 Å². The first-order valence-electron chi connectivity index (χ1n) is 4.50. The first-order valence-corrected chi connectivity index (χ1v) is 4.50. The van der Waals surface area contributed by atoms with E-state index in [2.05, 4.69) is 10.3 Å². The number of nitrogens with one attached hydrogen (secondary N) is 1. The van der Waals surface area contributed by atoms with Crippen molar-refractivity contribution in [3.05, 3.63) is 0 Å². The molecule has 1 aliphatic rings. The van der Waals surface area contributed by atoms with E-state index in [1.807, 2.05) is 0 Å². The number of amidine groups is 1. The summed E-state index contributed by atoms with van der Waals surface area (Å²) in [7, 11) is 0. The molecule has 0 fully saturated rings. The monoisotopic (exact) mass is 244 g/mol. The summed E-state index contributed by atoms with van der Waals surface area (Å²) in [6.07, 6.45) is -6.21. The number of hydrogen-bond acceptors (Lipinski definition) is 3. The molecule has 0 saturated heterocycles. The van der Waals surface area contributed by atoms with Gasteiger partial charge < -0.3 is 5.32 Å². The lowest BCUT2D eigenvalue weighted by molar-refractivity contribution is -0.268. The van der Waals surface area contributed by atoms with E-state index in [0.717, 1.165) is 0 Å². The molecule has 0 amide bonds. The summed E-state index contributed by atoms with van der Waals surface area (Å²) in [5.74, 6) is -7.61. The number of Topliss-reactive ketones (excluding diaryl/α,β-unsaturated/α-hetero) is 1. The largest absolute Gasteiger partial charge is 0.461 e. The Morgan fingerprint density at radius 3 is 2.38 bits per heavy atom. The van der Waals surface area contributed by atoms with Crippen LogP contribution >= 0.6 is 0 Å². The average Bonchev–Trinajstić information content (AvgIpc) is 2.17. The zero-order valence-electron chi connectivity index (χ0n) is 8.07. The van der Waals surface area contributed by atoms with Gasteiger partial charge in [0, 0.05) is 13.1 Å². The van der Waals surface area contributed by atoms with Crippen LogP contribution in [0.2, 0.25) is 0 Å². The Hall–Kier alpha value is -1.21. The molecule has 16 heavy (non-hydrogen) atoms. The van der Waals surface area contributed by atoms with Gasteiger partial charge in [-0.1, -0.05) is 0 Å². The smallest absolute Gasteiger partial charge is 0.373 e. The third-order valence-corrected chi connectivity index (χ3v) is 2.00. The molecule has 0 atom stereocenters. The zero-order valence-corrected chi connectivity index (χ0v) is 8.07. The van der Waals surface area contributed by atoms with Crippen LogP contribution in [0.5, 0.6) is 0 Å². The molecule has 0 radical (unpaired) electrons. The number of aliphatic imine (C=N–C) groups is 1. The highest BCUT2D eigenvalue weighted by Crippen LogP contribution is 2.36. The van der Waals surface area contributed by atoms with Gasteiger partial charge in [-0.05, 0) is 6.42 Å². The Kier molecular flexibility index (Phi) is 3.49. The Bertz CT molecular complexity index is 310. The van der Waals surface area contributed by atoms with Gasteiger partial charge >= 0.3 is 12.1 Å². The zero-order chi connectivity index (χ0) is 12.4. The molecule has 1 aliphatic heterocycles. The van der Waals surface area contributed by atoms with E-state index in [9.17, 15) is 26.7 Å². The fourth-order valence-electron chi connectivity index (χ4n) is 1.12. The molecule has 0 aromatic rings. The van der Waals surface area contributed by atoms with Crippen LogP contribution in [-0.4, -0.2) is 36.8 Å². The van der Waals surface area contributed by atoms with E-state index in [1.165, 1.54) is 0 Å². The van der Waals surface area contributed by atoms with Crippen LogP contribution in [0.3, 0.4) is 0 Å². The molecule has 0 aliphatic carbocycles. The Morgan fingerprint density at radius 2 is 1.94 bits per heavy atom. The van der Waals surface area contributed by atoms with Crippen LogP contribution in [0.25, 0.3) is 0 Å². The number of nitrogens with zero attached hydrogens (tertiary/aromatic N) is 1. The van der Waals surface area contributed by atoms with Crippen molar-refractivity contribution < 1.29 is 26.7 Å². The highest BCUT2D eigenvalue weighted by molar-refractivity contribution is 6.04. The first-order chi connectivity index (χ1) is 7.25. The van der Waals surface area contributed by atoms with Gasteiger partial charge in [-0.2, -0.15) is 22.0 Å². The minimum absolute atomic E-state index is 0.111. The maximum Gasteiger partial charge on any atom is 0.461 e. The van der Waals surface area contributed by atoms with Crippen molar-refractivity contribution in [2.75, 3.05) is 13.1 Å². The molecule has 0 bridgehead atoms. The number of alkyl halides is 5. The number of carbonyl (C=O) groups excluding carboxylic acids is 1. The molecule has 1 N–H and O–H groups in total. The minimum atomic E-state index is -5.85. The van der Waals surface area contributed by atoms with E-state index in [0.29, 0.717) is 19.5 Å². The lowest BCUT2D eigenvalue weighted by Crippen LogP contribution is -2.46. The predicted molar refractivity (Wildman–Crippen MR) is 45.5 cm³/mol. The molecule has 0 saturated carbocycles. The average molecular weight is 244 g/mol. The summed E-state index contributed by atoms with van der Waals surface area (Å²) in [6.45, 7) is 0.747. The maximum atomic E-state index is 12.5. The van der Waals surface area contributed by atoms with Crippen molar-refractivity contribution >= 4 is 11.6 Å². The summed E-state index contributed by atoms with van der Waals surface area (Å²) >= 11 is 0. The van der Waals surface area contributed by atoms with Crippen molar-refractivity contribution in [2.45, 2.75) is 24.9 Å². The summed E-state index contributed by atoms with van der Waals surface area (Å²) in [4.78, 5) is 14.4. The number of ketones is 1. The van der Waals surface area contributed by atoms with Gasteiger partial charge in [0.15, 0.2) is 0 Å². The lowest BCUT2D eigenvalue weighted by atomic mass is 10.1. The van der Waals surface area contributed by atoms with Crippen molar-refractivity contribution in [1.29, 1.82) is 0 Å². The highest BCUT2D eigenvalue weighted by atomic mass is 19.4. The highest BCUT2D eigenvalue weighted by Gasteiger charge is 2.62.